The van der Waals surface area contributed by atoms with Gasteiger partial charge in [-0.15, -0.1) is 0 Å². The van der Waals surface area contributed by atoms with E-state index >= 15 is 0 Å². The lowest BCUT2D eigenvalue weighted by molar-refractivity contribution is 0.614. The number of anilines is 2. The average molecular weight is 325 g/mol. The Labute approximate surface area is 138 Å². The zero-order valence-electron chi connectivity index (χ0n) is 13.8. The summed E-state index contributed by atoms with van der Waals surface area (Å²) in [6.07, 6.45) is 1.77. The number of rotatable bonds is 2. The molecule has 4 heterocycles. The summed E-state index contributed by atoms with van der Waals surface area (Å²) in [6.45, 7) is 5.41. The van der Waals surface area contributed by atoms with Gasteiger partial charge in [0.1, 0.15) is 11.6 Å². The maximum absolute atomic E-state index is 11.5. The van der Waals surface area contributed by atoms with Gasteiger partial charge in [0.05, 0.1) is 6.20 Å². The molecular formula is C16H19N7O. The first-order valence-corrected chi connectivity index (χ1v) is 7.97. The molecule has 3 aromatic heterocycles. The lowest BCUT2D eigenvalue weighted by Crippen LogP contribution is -2.47. The molecule has 3 aromatic rings. The molecule has 0 unspecified atom stereocenters. The lowest BCUT2D eigenvalue weighted by atomic mass is 10.3. The number of hydrogen-bond acceptors (Lipinski definition) is 6. The van der Waals surface area contributed by atoms with Crippen LogP contribution in [0.5, 0.6) is 0 Å². The predicted octanol–water partition coefficient (Wildman–Crippen LogP) is 0.458. The molecule has 0 aliphatic carbocycles. The van der Waals surface area contributed by atoms with Gasteiger partial charge in [-0.05, 0) is 13.0 Å². The lowest BCUT2D eigenvalue weighted by Gasteiger charge is -2.36. The van der Waals surface area contributed by atoms with Crippen LogP contribution >= 0.6 is 0 Å². The molecule has 1 aliphatic heterocycles. The van der Waals surface area contributed by atoms with Gasteiger partial charge in [0.25, 0.3) is 5.56 Å². The maximum Gasteiger partial charge on any atom is 0.266 e. The number of hydrogen-bond donors (Lipinski definition) is 0. The minimum atomic E-state index is -0.0919. The monoisotopic (exact) mass is 325 g/mol. The predicted molar refractivity (Wildman–Crippen MR) is 91.6 cm³/mol. The van der Waals surface area contributed by atoms with Crippen molar-refractivity contribution in [3.8, 4) is 0 Å². The van der Waals surface area contributed by atoms with E-state index in [2.05, 4.69) is 31.0 Å². The van der Waals surface area contributed by atoms with Crippen LogP contribution in [0.3, 0.4) is 0 Å². The smallest absolute Gasteiger partial charge is 0.266 e. The second-order valence-corrected chi connectivity index (χ2v) is 5.98. The van der Waals surface area contributed by atoms with Crippen molar-refractivity contribution >= 4 is 17.3 Å². The van der Waals surface area contributed by atoms with Crippen LogP contribution in [0.15, 0.2) is 35.3 Å². The number of aromatic nitrogens is 5. The third kappa shape index (κ3) is 2.49. The van der Waals surface area contributed by atoms with Crippen molar-refractivity contribution < 1.29 is 0 Å². The first-order chi connectivity index (χ1) is 11.6. The Balaban J connectivity index is 1.56. The van der Waals surface area contributed by atoms with Gasteiger partial charge in [-0.1, -0.05) is 0 Å². The molecule has 1 fully saturated rings. The second-order valence-electron chi connectivity index (χ2n) is 5.98. The zero-order valence-corrected chi connectivity index (χ0v) is 13.8. The zero-order chi connectivity index (χ0) is 16.7. The van der Waals surface area contributed by atoms with Gasteiger partial charge >= 0.3 is 0 Å². The molecule has 8 nitrogen and oxygen atoms in total. The SMILES string of the molecule is Cc1cc(N2CCN(c3ccc(=O)n(C)n3)CC2)n2nccc2n1. The van der Waals surface area contributed by atoms with Crippen LogP contribution in [0.4, 0.5) is 11.6 Å². The van der Waals surface area contributed by atoms with Gasteiger partial charge in [-0.3, -0.25) is 4.79 Å². The molecule has 0 saturated carbocycles. The molecule has 0 atom stereocenters. The molecule has 1 saturated heterocycles. The van der Waals surface area contributed by atoms with E-state index in [-0.39, 0.29) is 5.56 Å². The van der Waals surface area contributed by atoms with Crippen molar-refractivity contribution in [3.05, 3.63) is 46.5 Å². The van der Waals surface area contributed by atoms with Crippen molar-refractivity contribution in [3.63, 3.8) is 0 Å². The molecule has 24 heavy (non-hydrogen) atoms. The molecule has 0 amide bonds. The average Bonchev–Trinajstić information content (AvgIpc) is 3.05. The molecule has 1 aliphatic rings. The Morgan fingerprint density at radius 3 is 2.54 bits per heavy atom. The summed E-state index contributed by atoms with van der Waals surface area (Å²) in [6, 6.07) is 7.34. The maximum atomic E-state index is 11.5. The Kier molecular flexibility index (Phi) is 3.44. The molecule has 124 valence electrons. The molecule has 0 N–H and O–H groups in total. The third-order valence-corrected chi connectivity index (χ3v) is 4.34. The van der Waals surface area contributed by atoms with Gasteiger partial charge in [-0.2, -0.15) is 14.7 Å². The summed E-state index contributed by atoms with van der Waals surface area (Å²) in [4.78, 5) is 20.5. The Morgan fingerprint density at radius 1 is 1.04 bits per heavy atom. The van der Waals surface area contributed by atoms with Crippen LogP contribution in [-0.4, -0.2) is 50.6 Å². The molecule has 0 bridgehead atoms. The molecular weight excluding hydrogens is 306 g/mol. The van der Waals surface area contributed by atoms with Gasteiger partial charge in [0.15, 0.2) is 5.65 Å². The van der Waals surface area contributed by atoms with Crippen LogP contribution in [0.2, 0.25) is 0 Å². The highest BCUT2D eigenvalue weighted by atomic mass is 16.1. The van der Waals surface area contributed by atoms with E-state index in [4.69, 9.17) is 0 Å². The first kappa shape index (κ1) is 14.7. The summed E-state index contributed by atoms with van der Waals surface area (Å²) < 4.78 is 3.26. The van der Waals surface area contributed by atoms with E-state index in [1.165, 1.54) is 4.68 Å². The molecule has 0 spiro atoms. The molecule has 0 aromatic carbocycles. The summed E-state index contributed by atoms with van der Waals surface area (Å²) in [5, 5.41) is 8.72. The summed E-state index contributed by atoms with van der Waals surface area (Å²) in [5.74, 6) is 1.91. The van der Waals surface area contributed by atoms with Crippen LogP contribution in [-0.2, 0) is 7.05 Å². The number of piperazine rings is 1. The third-order valence-electron chi connectivity index (χ3n) is 4.34. The van der Waals surface area contributed by atoms with E-state index in [0.717, 1.165) is 49.2 Å². The topological polar surface area (TPSA) is 71.6 Å². The molecule has 4 rings (SSSR count). The van der Waals surface area contributed by atoms with E-state index in [9.17, 15) is 4.79 Å². The fourth-order valence-electron chi connectivity index (χ4n) is 3.07. The number of fused-ring (bicyclic) bond motifs is 1. The number of nitrogens with zero attached hydrogens (tertiary/aromatic N) is 7. The standard InChI is InChI=1S/C16H19N7O/c1-12-11-15(23-13(18-12)5-6-17-23)22-9-7-21(8-10-22)14-3-4-16(24)20(2)19-14/h3-6,11H,7-10H2,1-2H3. The highest BCUT2D eigenvalue weighted by molar-refractivity contribution is 5.52. The minimum Gasteiger partial charge on any atom is -0.353 e. The van der Waals surface area contributed by atoms with Crippen molar-refractivity contribution in [1.82, 2.24) is 24.4 Å². The van der Waals surface area contributed by atoms with Gasteiger partial charge in [-0.25, -0.2) is 9.67 Å². The fourth-order valence-corrected chi connectivity index (χ4v) is 3.07. The second kappa shape index (κ2) is 5.63. The van der Waals surface area contributed by atoms with Crippen LogP contribution in [0.25, 0.3) is 5.65 Å². The summed E-state index contributed by atoms with van der Waals surface area (Å²) in [7, 11) is 1.68. The van der Waals surface area contributed by atoms with Crippen LogP contribution in [0.1, 0.15) is 5.69 Å². The van der Waals surface area contributed by atoms with Crippen molar-refractivity contribution in [2.45, 2.75) is 6.92 Å². The Morgan fingerprint density at radius 2 is 1.79 bits per heavy atom. The quantitative estimate of drug-likeness (QED) is 0.682. The highest BCUT2D eigenvalue weighted by Crippen LogP contribution is 2.20. The fraction of sp³-hybridized carbons (Fsp3) is 0.375. The summed E-state index contributed by atoms with van der Waals surface area (Å²) >= 11 is 0. The van der Waals surface area contributed by atoms with Gasteiger partial charge in [0, 0.05) is 57.1 Å². The largest absolute Gasteiger partial charge is 0.353 e. The van der Waals surface area contributed by atoms with E-state index in [1.807, 2.05) is 17.5 Å². The van der Waals surface area contributed by atoms with Gasteiger partial charge in [0.2, 0.25) is 0 Å². The van der Waals surface area contributed by atoms with Crippen LogP contribution in [0, 0.1) is 6.92 Å². The van der Waals surface area contributed by atoms with Crippen molar-refractivity contribution in [1.29, 1.82) is 0 Å². The highest BCUT2D eigenvalue weighted by Gasteiger charge is 2.21. The minimum absolute atomic E-state index is 0.0919. The van der Waals surface area contributed by atoms with Gasteiger partial charge < -0.3 is 9.80 Å². The molecule has 8 heteroatoms. The van der Waals surface area contributed by atoms with E-state index in [1.54, 1.807) is 25.4 Å². The normalized spacial score (nSPS) is 15.2. The number of aryl methyl sites for hydroxylation is 2. The van der Waals surface area contributed by atoms with Crippen molar-refractivity contribution in [2.24, 2.45) is 7.05 Å². The first-order valence-electron chi connectivity index (χ1n) is 7.97. The van der Waals surface area contributed by atoms with Crippen LogP contribution < -0.4 is 15.4 Å². The van der Waals surface area contributed by atoms with Crippen molar-refractivity contribution in [2.75, 3.05) is 36.0 Å². The summed E-state index contributed by atoms with van der Waals surface area (Å²) in [5.41, 5.74) is 1.76. The molecule has 0 radical (unpaired) electrons. The van der Waals surface area contributed by atoms with E-state index < -0.39 is 0 Å². The van der Waals surface area contributed by atoms with E-state index in [0.29, 0.717) is 0 Å². The Bertz CT molecular complexity index is 937. The Hall–Kier alpha value is -2.90.